The van der Waals surface area contributed by atoms with Crippen molar-refractivity contribution in [3.63, 3.8) is 0 Å². The second-order valence-electron chi connectivity index (χ2n) is 6.28. The molecule has 4 heteroatoms. The monoisotopic (exact) mass is 257 g/mol. The van der Waals surface area contributed by atoms with Crippen LogP contribution in [0.25, 0.3) is 0 Å². The van der Waals surface area contributed by atoms with E-state index in [0.717, 1.165) is 25.9 Å². The Bertz CT molecular complexity index is 285. The summed E-state index contributed by atoms with van der Waals surface area (Å²) in [6, 6.07) is 0. The molecule has 1 saturated heterocycles. The lowest BCUT2D eigenvalue weighted by molar-refractivity contribution is -0.153. The van der Waals surface area contributed by atoms with E-state index in [9.17, 15) is 9.90 Å². The van der Waals surface area contributed by atoms with Crippen LogP contribution in [-0.2, 0) is 9.53 Å². The van der Waals surface area contributed by atoms with Crippen LogP contribution in [0, 0.1) is 5.41 Å². The maximum absolute atomic E-state index is 11.4. The van der Waals surface area contributed by atoms with Crippen molar-refractivity contribution >= 4 is 5.97 Å². The Morgan fingerprint density at radius 2 is 2.11 bits per heavy atom. The molecule has 0 amide bonds. The molecule has 1 heterocycles. The van der Waals surface area contributed by atoms with Crippen LogP contribution in [-0.4, -0.2) is 47.8 Å². The van der Waals surface area contributed by atoms with Gasteiger partial charge in [-0.05, 0) is 46.6 Å². The molecule has 0 bridgehead atoms. The number of carbonyl (C=O) groups is 1. The molecule has 4 nitrogen and oxygen atoms in total. The van der Waals surface area contributed by atoms with Crippen LogP contribution < -0.4 is 0 Å². The smallest absolute Gasteiger partial charge is 0.310 e. The van der Waals surface area contributed by atoms with E-state index in [1.165, 1.54) is 0 Å². The number of hydrogen-bond donors (Lipinski definition) is 1. The van der Waals surface area contributed by atoms with Gasteiger partial charge >= 0.3 is 5.97 Å². The highest BCUT2D eigenvalue weighted by molar-refractivity contribution is 5.75. The summed E-state index contributed by atoms with van der Waals surface area (Å²) >= 11 is 0. The first kappa shape index (κ1) is 15.4. The normalized spacial score (nSPS) is 26.2. The molecule has 106 valence electrons. The zero-order valence-electron chi connectivity index (χ0n) is 12.2. The number of likely N-dealkylation sites (tertiary alicyclic amines) is 1. The number of piperidine rings is 1. The molecule has 0 aromatic carbocycles. The summed E-state index contributed by atoms with van der Waals surface area (Å²) in [7, 11) is 0. The molecule has 0 aromatic heterocycles. The quantitative estimate of drug-likeness (QED) is 0.821. The van der Waals surface area contributed by atoms with Gasteiger partial charge in [-0.1, -0.05) is 6.92 Å². The van der Waals surface area contributed by atoms with Gasteiger partial charge in [0.25, 0.3) is 0 Å². The van der Waals surface area contributed by atoms with Gasteiger partial charge in [-0.15, -0.1) is 0 Å². The molecule has 1 unspecified atom stereocenters. The van der Waals surface area contributed by atoms with Gasteiger partial charge in [-0.2, -0.15) is 0 Å². The van der Waals surface area contributed by atoms with Crippen molar-refractivity contribution in [1.82, 2.24) is 4.90 Å². The number of aliphatic carboxylic acids is 1. The molecular formula is C14H27NO3. The van der Waals surface area contributed by atoms with E-state index in [2.05, 4.69) is 4.90 Å². The molecule has 1 aliphatic heterocycles. The molecule has 18 heavy (non-hydrogen) atoms. The molecule has 0 radical (unpaired) electrons. The fourth-order valence-corrected chi connectivity index (χ4v) is 2.51. The summed E-state index contributed by atoms with van der Waals surface area (Å²) in [4.78, 5) is 13.7. The average Bonchev–Trinajstić information content (AvgIpc) is 2.27. The highest BCUT2D eigenvalue weighted by atomic mass is 16.5. The molecule has 0 aliphatic carbocycles. The van der Waals surface area contributed by atoms with E-state index >= 15 is 0 Å². The molecular weight excluding hydrogens is 230 g/mol. The lowest BCUT2D eigenvalue weighted by Gasteiger charge is -2.39. The number of carboxylic acid groups (broad SMARTS) is 1. The van der Waals surface area contributed by atoms with Crippen molar-refractivity contribution in [3.8, 4) is 0 Å². The van der Waals surface area contributed by atoms with Crippen LogP contribution in [0.5, 0.6) is 0 Å². The van der Waals surface area contributed by atoms with Crippen molar-refractivity contribution in [2.45, 2.75) is 52.6 Å². The van der Waals surface area contributed by atoms with Crippen LogP contribution >= 0.6 is 0 Å². The van der Waals surface area contributed by atoms with Crippen molar-refractivity contribution in [3.05, 3.63) is 0 Å². The van der Waals surface area contributed by atoms with Gasteiger partial charge in [0.1, 0.15) is 0 Å². The van der Waals surface area contributed by atoms with Crippen LogP contribution in [0.3, 0.4) is 0 Å². The SMILES string of the molecule is CCC1(C(=O)O)CCCN(CCOC(C)(C)C)C1. The predicted octanol–water partition coefficient (Wildman–Crippen LogP) is 2.38. The first-order chi connectivity index (χ1) is 8.29. The maximum atomic E-state index is 11.4. The Morgan fingerprint density at radius 3 is 2.61 bits per heavy atom. The fourth-order valence-electron chi connectivity index (χ4n) is 2.51. The van der Waals surface area contributed by atoms with Crippen molar-refractivity contribution in [2.75, 3.05) is 26.2 Å². The summed E-state index contributed by atoms with van der Waals surface area (Å²) in [5.41, 5.74) is -0.662. The van der Waals surface area contributed by atoms with Crippen molar-refractivity contribution in [2.24, 2.45) is 5.41 Å². The molecule has 1 fully saturated rings. The molecule has 0 saturated carbocycles. The predicted molar refractivity (Wildman–Crippen MR) is 71.7 cm³/mol. The minimum absolute atomic E-state index is 0.121. The second-order valence-corrected chi connectivity index (χ2v) is 6.28. The van der Waals surface area contributed by atoms with Crippen LogP contribution in [0.1, 0.15) is 47.0 Å². The number of rotatable bonds is 5. The van der Waals surface area contributed by atoms with E-state index in [1.807, 2.05) is 27.7 Å². The first-order valence-corrected chi connectivity index (χ1v) is 6.89. The Balaban J connectivity index is 2.46. The molecule has 0 aromatic rings. The molecule has 1 N–H and O–H groups in total. The lowest BCUT2D eigenvalue weighted by atomic mass is 9.77. The van der Waals surface area contributed by atoms with Gasteiger partial charge in [0.2, 0.25) is 0 Å². The molecule has 0 spiro atoms. The van der Waals surface area contributed by atoms with Crippen molar-refractivity contribution in [1.29, 1.82) is 0 Å². The number of ether oxygens (including phenoxy) is 1. The Labute approximate surface area is 110 Å². The fraction of sp³-hybridized carbons (Fsp3) is 0.929. The van der Waals surface area contributed by atoms with E-state index in [1.54, 1.807) is 0 Å². The summed E-state index contributed by atoms with van der Waals surface area (Å²) in [6.45, 7) is 11.2. The third-order valence-electron chi connectivity index (χ3n) is 3.73. The first-order valence-electron chi connectivity index (χ1n) is 6.89. The lowest BCUT2D eigenvalue weighted by Crippen LogP contribution is -2.48. The number of hydrogen-bond acceptors (Lipinski definition) is 3. The average molecular weight is 257 g/mol. The minimum atomic E-state index is -0.647. The van der Waals surface area contributed by atoms with E-state index in [-0.39, 0.29) is 5.60 Å². The summed E-state index contributed by atoms with van der Waals surface area (Å²) < 4.78 is 5.71. The zero-order valence-corrected chi connectivity index (χ0v) is 12.2. The Hall–Kier alpha value is -0.610. The zero-order chi connectivity index (χ0) is 13.8. The second kappa shape index (κ2) is 6.02. The maximum Gasteiger partial charge on any atom is 0.310 e. The molecule has 1 rings (SSSR count). The van der Waals surface area contributed by atoms with Gasteiger partial charge < -0.3 is 9.84 Å². The standard InChI is InChI=1S/C14H27NO3/c1-5-14(12(16)17)7-6-8-15(11-14)9-10-18-13(2,3)4/h5-11H2,1-4H3,(H,16,17). The highest BCUT2D eigenvalue weighted by Gasteiger charge is 2.40. The van der Waals surface area contributed by atoms with Crippen molar-refractivity contribution < 1.29 is 14.6 Å². The minimum Gasteiger partial charge on any atom is -0.481 e. The Morgan fingerprint density at radius 1 is 1.44 bits per heavy atom. The van der Waals surface area contributed by atoms with Gasteiger partial charge in [0, 0.05) is 13.1 Å². The number of carboxylic acids is 1. The summed E-state index contributed by atoms with van der Waals surface area (Å²) in [5, 5.41) is 9.40. The van der Waals surface area contributed by atoms with Gasteiger partial charge in [0.15, 0.2) is 0 Å². The van der Waals surface area contributed by atoms with Gasteiger partial charge in [0.05, 0.1) is 17.6 Å². The highest BCUT2D eigenvalue weighted by Crippen LogP contribution is 2.33. The van der Waals surface area contributed by atoms with E-state index < -0.39 is 11.4 Å². The summed E-state index contributed by atoms with van der Waals surface area (Å²) in [6.07, 6.45) is 2.48. The van der Waals surface area contributed by atoms with E-state index in [0.29, 0.717) is 19.6 Å². The van der Waals surface area contributed by atoms with Gasteiger partial charge in [-0.3, -0.25) is 9.69 Å². The Kier molecular flexibility index (Phi) is 5.17. The van der Waals surface area contributed by atoms with Gasteiger partial charge in [-0.25, -0.2) is 0 Å². The van der Waals surface area contributed by atoms with E-state index in [4.69, 9.17) is 4.74 Å². The van der Waals surface area contributed by atoms with Crippen LogP contribution in [0.4, 0.5) is 0 Å². The van der Waals surface area contributed by atoms with Crippen LogP contribution in [0.2, 0.25) is 0 Å². The number of nitrogens with zero attached hydrogens (tertiary/aromatic N) is 1. The third kappa shape index (κ3) is 4.25. The largest absolute Gasteiger partial charge is 0.481 e. The topological polar surface area (TPSA) is 49.8 Å². The molecule has 1 aliphatic rings. The molecule has 1 atom stereocenters. The third-order valence-corrected chi connectivity index (χ3v) is 3.73. The summed E-state index contributed by atoms with van der Waals surface area (Å²) in [5.74, 6) is -0.647. The van der Waals surface area contributed by atoms with Crippen LogP contribution in [0.15, 0.2) is 0 Å².